The first-order valence-electron chi connectivity index (χ1n) is 4.75. The van der Waals surface area contributed by atoms with Gasteiger partial charge in [0, 0.05) is 26.1 Å². The summed E-state index contributed by atoms with van der Waals surface area (Å²) in [7, 11) is 1.78. The van der Waals surface area contributed by atoms with Crippen LogP contribution in [0, 0.1) is 11.3 Å². The minimum Gasteiger partial charge on any atom is -0.384 e. The van der Waals surface area contributed by atoms with Crippen molar-refractivity contribution in [2.75, 3.05) is 26.8 Å². The number of rotatable bonds is 2. The zero-order valence-electron chi connectivity index (χ0n) is 7.75. The average Bonchev–Trinajstić information content (AvgIpc) is 2.27. The normalized spacial score (nSPS) is 34.0. The first-order valence-corrected chi connectivity index (χ1v) is 4.75. The summed E-state index contributed by atoms with van der Waals surface area (Å²) in [6.45, 7) is 2.99. The van der Waals surface area contributed by atoms with Gasteiger partial charge in [-0.25, -0.2) is 5.01 Å². The zero-order chi connectivity index (χ0) is 8.60. The summed E-state index contributed by atoms with van der Waals surface area (Å²) in [4.78, 5) is 0. The van der Waals surface area contributed by atoms with Gasteiger partial charge in [0.25, 0.3) is 0 Å². The Balaban J connectivity index is 2.00. The van der Waals surface area contributed by atoms with Crippen LogP contribution in [0.15, 0.2) is 0 Å². The van der Waals surface area contributed by atoms with E-state index in [1.165, 1.54) is 19.3 Å². The van der Waals surface area contributed by atoms with Gasteiger partial charge in [-0.3, -0.25) is 5.84 Å². The van der Waals surface area contributed by atoms with Crippen molar-refractivity contribution in [3.05, 3.63) is 0 Å². The largest absolute Gasteiger partial charge is 0.384 e. The molecule has 1 spiro atoms. The molecule has 3 heteroatoms. The second-order valence-electron chi connectivity index (χ2n) is 4.30. The van der Waals surface area contributed by atoms with Gasteiger partial charge in [-0.1, -0.05) is 6.42 Å². The number of nitrogens with two attached hydrogens (primary N) is 1. The highest BCUT2D eigenvalue weighted by Gasteiger charge is 2.49. The highest BCUT2D eigenvalue weighted by molar-refractivity contribution is 5.00. The second-order valence-corrected chi connectivity index (χ2v) is 4.30. The van der Waals surface area contributed by atoms with Crippen molar-refractivity contribution in [2.45, 2.75) is 19.3 Å². The lowest BCUT2D eigenvalue weighted by Crippen LogP contribution is -2.39. The van der Waals surface area contributed by atoms with Crippen LogP contribution in [-0.2, 0) is 4.74 Å². The Bertz CT molecular complexity index is 168. The number of hydrogen-bond acceptors (Lipinski definition) is 3. The van der Waals surface area contributed by atoms with E-state index >= 15 is 0 Å². The van der Waals surface area contributed by atoms with Gasteiger partial charge in [-0.15, -0.1) is 0 Å². The van der Waals surface area contributed by atoms with E-state index in [2.05, 4.69) is 0 Å². The smallest absolute Gasteiger partial charge is 0.0509 e. The van der Waals surface area contributed by atoms with Crippen molar-refractivity contribution >= 4 is 0 Å². The Kier molecular flexibility index (Phi) is 2.10. The fourth-order valence-electron chi connectivity index (χ4n) is 2.70. The van der Waals surface area contributed by atoms with Crippen molar-refractivity contribution in [3.8, 4) is 0 Å². The lowest BCUT2D eigenvalue weighted by Gasteiger charge is -2.42. The van der Waals surface area contributed by atoms with Gasteiger partial charge < -0.3 is 4.74 Å². The van der Waals surface area contributed by atoms with Crippen molar-refractivity contribution in [2.24, 2.45) is 17.2 Å². The Morgan fingerprint density at radius 1 is 1.58 bits per heavy atom. The third kappa shape index (κ3) is 1.16. The summed E-state index contributed by atoms with van der Waals surface area (Å²) in [6, 6.07) is 0. The number of methoxy groups -OCH3 is 1. The highest BCUT2D eigenvalue weighted by Crippen LogP contribution is 2.50. The SMILES string of the molecule is COC[C@H]1CN(N)CC12CCC2. The molecule has 2 N–H and O–H groups in total. The first kappa shape index (κ1) is 8.48. The molecule has 0 aromatic carbocycles. The van der Waals surface area contributed by atoms with E-state index in [-0.39, 0.29) is 0 Å². The molecule has 1 atom stereocenters. The van der Waals surface area contributed by atoms with Crippen molar-refractivity contribution < 1.29 is 4.74 Å². The van der Waals surface area contributed by atoms with E-state index in [1.54, 1.807) is 7.11 Å². The third-order valence-electron chi connectivity index (χ3n) is 3.56. The fraction of sp³-hybridized carbons (Fsp3) is 1.00. The van der Waals surface area contributed by atoms with E-state index in [0.717, 1.165) is 19.7 Å². The second kappa shape index (κ2) is 2.98. The molecular formula is C9H18N2O. The standard InChI is InChI=1S/C9H18N2O/c1-12-6-8-5-11(10)7-9(8)3-2-4-9/h8H,2-7,10H2,1H3/t8-/m1/s1. The van der Waals surface area contributed by atoms with E-state index in [4.69, 9.17) is 10.6 Å². The molecule has 1 saturated carbocycles. The molecule has 2 fully saturated rings. The van der Waals surface area contributed by atoms with E-state index in [1.807, 2.05) is 5.01 Å². The Morgan fingerprint density at radius 3 is 2.83 bits per heavy atom. The van der Waals surface area contributed by atoms with E-state index in [0.29, 0.717) is 11.3 Å². The number of hydrazine groups is 1. The summed E-state index contributed by atoms with van der Waals surface area (Å²) in [5.41, 5.74) is 0.533. The van der Waals surface area contributed by atoms with Crippen LogP contribution in [0.3, 0.4) is 0 Å². The van der Waals surface area contributed by atoms with E-state index in [9.17, 15) is 0 Å². The van der Waals surface area contributed by atoms with Crippen LogP contribution in [0.4, 0.5) is 0 Å². The lowest BCUT2D eigenvalue weighted by molar-refractivity contribution is 0.0368. The Morgan fingerprint density at radius 2 is 2.33 bits per heavy atom. The number of hydrogen-bond donors (Lipinski definition) is 1. The average molecular weight is 170 g/mol. The van der Waals surface area contributed by atoms with Gasteiger partial charge in [-0.2, -0.15) is 0 Å². The minimum atomic E-state index is 0.533. The quantitative estimate of drug-likeness (QED) is 0.617. The maximum absolute atomic E-state index is 5.82. The number of nitrogens with zero attached hydrogens (tertiary/aromatic N) is 1. The molecule has 0 aromatic heterocycles. The minimum absolute atomic E-state index is 0.533. The molecule has 0 unspecified atom stereocenters. The molecule has 70 valence electrons. The van der Waals surface area contributed by atoms with Crippen LogP contribution >= 0.6 is 0 Å². The summed E-state index contributed by atoms with van der Waals surface area (Å²) in [5, 5.41) is 1.96. The molecular weight excluding hydrogens is 152 g/mol. The van der Waals surface area contributed by atoms with Gasteiger partial charge in [0.05, 0.1) is 6.61 Å². The molecule has 0 aromatic rings. The van der Waals surface area contributed by atoms with Crippen LogP contribution in [0.2, 0.25) is 0 Å². The molecule has 2 aliphatic rings. The van der Waals surface area contributed by atoms with Gasteiger partial charge in [0.15, 0.2) is 0 Å². The molecule has 3 nitrogen and oxygen atoms in total. The Labute approximate surface area is 73.8 Å². The molecule has 12 heavy (non-hydrogen) atoms. The van der Waals surface area contributed by atoms with Gasteiger partial charge >= 0.3 is 0 Å². The van der Waals surface area contributed by atoms with Crippen LogP contribution in [0.1, 0.15) is 19.3 Å². The number of ether oxygens (including phenoxy) is 1. The van der Waals surface area contributed by atoms with E-state index < -0.39 is 0 Å². The van der Waals surface area contributed by atoms with Gasteiger partial charge in [-0.05, 0) is 18.3 Å². The monoisotopic (exact) mass is 170 g/mol. The van der Waals surface area contributed by atoms with Crippen molar-refractivity contribution in [1.29, 1.82) is 0 Å². The molecule has 0 amide bonds. The van der Waals surface area contributed by atoms with Crippen LogP contribution < -0.4 is 5.84 Å². The van der Waals surface area contributed by atoms with Gasteiger partial charge in [0.1, 0.15) is 0 Å². The molecule has 2 rings (SSSR count). The third-order valence-corrected chi connectivity index (χ3v) is 3.56. The summed E-state index contributed by atoms with van der Waals surface area (Å²) in [5.74, 6) is 6.50. The van der Waals surface area contributed by atoms with Crippen molar-refractivity contribution in [1.82, 2.24) is 5.01 Å². The van der Waals surface area contributed by atoms with Crippen LogP contribution in [-0.4, -0.2) is 31.8 Å². The molecule has 1 aliphatic carbocycles. The Hall–Kier alpha value is -0.120. The van der Waals surface area contributed by atoms with Crippen LogP contribution in [0.5, 0.6) is 0 Å². The predicted octanol–water partition coefficient (Wildman–Crippen LogP) is 0.609. The topological polar surface area (TPSA) is 38.5 Å². The van der Waals surface area contributed by atoms with Crippen molar-refractivity contribution in [3.63, 3.8) is 0 Å². The van der Waals surface area contributed by atoms with Crippen LogP contribution in [0.25, 0.3) is 0 Å². The predicted molar refractivity (Wildman–Crippen MR) is 47.4 cm³/mol. The first-order chi connectivity index (χ1) is 5.77. The summed E-state index contributed by atoms with van der Waals surface area (Å²) in [6.07, 6.45) is 4.09. The summed E-state index contributed by atoms with van der Waals surface area (Å²) < 4.78 is 5.22. The lowest BCUT2D eigenvalue weighted by atomic mass is 9.63. The molecule has 1 aliphatic heterocycles. The van der Waals surface area contributed by atoms with Gasteiger partial charge in [0.2, 0.25) is 0 Å². The molecule has 0 bridgehead atoms. The molecule has 0 radical (unpaired) electrons. The highest BCUT2D eigenvalue weighted by atomic mass is 16.5. The fourth-order valence-corrected chi connectivity index (χ4v) is 2.70. The molecule has 1 heterocycles. The zero-order valence-corrected chi connectivity index (χ0v) is 7.75. The maximum atomic E-state index is 5.82. The summed E-state index contributed by atoms with van der Waals surface area (Å²) >= 11 is 0. The maximum Gasteiger partial charge on any atom is 0.0509 e. The molecule has 1 saturated heterocycles.